The van der Waals surface area contributed by atoms with Crippen LogP contribution in [-0.2, 0) is 0 Å². The van der Waals surface area contributed by atoms with Crippen molar-refractivity contribution in [2.75, 3.05) is 6.54 Å². The Morgan fingerprint density at radius 2 is 2.10 bits per heavy atom. The minimum atomic E-state index is -0.309. The maximum atomic E-state index is 11.9. The molecule has 102 valence electrons. The summed E-state index contributed by atoms with van der Waals surface area (Å²) in [6.45, 7) is 5.93. The molecule has 1 aromatic carbocycles. The highest BCUT2D eigenvalue weighted by Crippen LogP contribution is 2.15. The van der Waals surface area contributed by atoms with Crippen LogP contribution in [0.15, 0.2) is 18.2 Å². The van der Waals surface area contributed by atoms with Gasteiger partial charge in [-0.15, -0.1) is 11.5 Å². The first-order chi connectivity index (χ1) is 9.52. The van der Waals surface area contributed by atoms with Gasteiger partial charge in [-0.05, 0) is 32.4 Å². The average Bonchev–Trinajstić information content (AvgIpc) is 2.78. The number of hydrogen-bond donors (Lipinski definition) is 1. The fourth-order valence-electron chi connectivity index (χ4n) is 1.94. The predicted octanol–water partition coefficient (Wildman–Crippen LogP) is 1.56. The van der Waals surface area contributed by atoms with Gasteiger partial charge >= 0.3 is 0 Å². The van der Waals surface area contributed by atoms with Crippen LogP contribution in [0.1, 0.15) is 27.3 Å². The minimum Gasteiger partial charge on any atom is -0.340 e. The highest BCUT2D eigenvalue weighted by molar-refractivity contribution is 5.93. The molecule has 20 heavy (non-hydrogen) atoms. The number of rotatable bonds is 3. The lowest BCUT2D eigenvalue weighted by molar-refractivity contribution is 0.0952. The van der Waals surface area contributed by atoms with Crippen molar-refractivity contribution in [1.82, 2.24) is 20.3 Å². The summed E-state index contributed by atoms with van der Waals surface area (Å²) in [4.78, 5) is 13.4. The summed E-state index contributed by atoms with van der Waals surface area (Å²) >= 11 is 0. The van der Waals surface area contributed by atoms with E-state index in [0.717, 1.165) is 11.3 Å². The van der Waals surface area contributed by atoms with E-state index in [1.54, 1.807) is 6.92 Å². The van der Waals surface area contributed by atoms with Gasteiger partial charge in [0.2, 0.25) is 0 Å². The van der Waals surface area contributed by atoms with Crippen LogP contribution in [-0.4, -0.2) is 27.4 Å². The van der Waals surface area contributed by atoms with Crippen molar-refractivity contribution >= 4 is 5.91 Å². The van der Waals surface area contributed by atoms with E-state index in [9.17, 15) is 4.79 Å². The number of terminal acetylenes is 1. The van der Waals surface area contributed by atoms with Crippen LogP contribution in [0.2, 0.25) is 0 Å². The monoisotopic (exact) mass is 268 g/mol. The smallest absolute Gasteiger partial charge is 0.274 e. The zero-order chi connectivity index (χ0) is 14.7. The van der Waals surface area contributed by atoms with Gasteiger partial charge in [-0.3, -0.25) is 4.79 Å². The van der Waals surface area contributed by atoms with Gasteiger partial charge < -0.3 is 5.32 Å². The lowest BCUT2D eigenvalue weighted by Gasteiger charge is -2.04. The molecule has 0 aliphatic heterocycles. The van der Waals surface area contributed by atoms with E-state index in [2.05, 4.69) is 21.4 Å². The van der Waals surface area contributed by atoms with Crippen LogP contribution in [0.4, 0.5) is 0 Å². The number of amides is 1. The standard InChI is InChI=1S/C15H16N4O/c1-5-8-16-15(20)14-12(4)17-19(18-14)13-7-6-10(2)9-11(13)3/h1,6-7,9H,8H2,2-4H3,(H,16,20). The summed E-state index contributed by atoms with van der Waals surface area (Å²) in [5.41, 5.74) is 3.94. The molecule has 0 saturated heterocycles. The molecule has 0 aliphatic carbocycles. The predicted molar refractivity (Wildman–Crippen MR) is 76.7 cm³/mol. The SMILES string of the molecule is C#CCNC(=O)c1nn(-c2ccc(C)cc2C)nc1C. The van der Waals surface area contributed by atoms with Crippen molar-refractivity contribution in [3.05, 3.63) is 40.7 Å². The van der Waals surface area contributed by atoms with Crippen LogP contribution < -0.4 is 5.32 Å². The van der Waals surface area contributed by atoms with Gasteiger partial charge in [-0.1, -0.05) is 23.6 Å². The Morgan fingerprint density at radius 3 is 2.75 bits per heavy atom. The van der Waals surface area contributed by atoms with Crippen LogP contribution in [0, 0.1) is 33.1 Å². The fourth-order valence-corrected chi connectivity index (χ4v) is 1.94. The van der Waals surface area contributed by atoms with Crippen LogP contribution >= 0.6 is 0 Å². The quantitative estimate of drug-likeness (QED) is 0.859. The summed E-state index contributed by atoms with van der Waals surface area (Å²) in [5.74, 6) is 2.05. The first-order valence-corrected chi connectivity index (χ1v) is 6.26. The molecule has 1 heterocycles. The van der Waals surface area contributed by atoms with Gasteiger partial charge in [0, 0.05) is 0 Å². The fraction of sp³-hybridized carbons (Fsp3) is 0.267. The molecule has 0 atom stereocenters. The Balaban J connectivity index is 2.36. The largest absolute Gasteiger partial charge is 0.340 e. The molecular weight excluding hydrogens is 252 g/mol. The van der Waals surface area contributed by atoms with Crippen molar-refractivity contribution < 1.29 is 4.79 Å². The lowest BCUT2D eigenvalue weighted by Crippen LogP contribution is -2.24. The second-order valence-corrected chi connectivity index (χ2v) is 4.60. The first kappa shape index (κ1) is 13.8. The Kier molecular flexibility index (Phi) is 3.85. The third kappa shape index (κ3) is 2.69. The van der Waals surface area contributed by atoms with Crippen LogP contribution in [0.5, 0.6) is 0 Å². The van der Waals surface area contributed by atoms with E-state index >= 15 is 0 Å². The maximum absolute atomic E-state index is 11.9. The van der Waals surface area contributed by atoms with Crippen molar-refractivity contribution in [1.29, 1.82) is 0 Å². The van der Waals surface area contributed by atoms with Gasteiger partial charge in [-0.25, -0.2) is 0 Å². The first-order valence-electron chi connectivity index (χ1n) is 6.26. The zero-order valence-electron chi connectivity index (χ0n) is 11.8. The van der Waals surface area contributed by atoms with Gasteiger partial charge in [0.25, 0.3) is 5.91 Å². The topological polar surface area (TPSA) is 59.8 Å². The lowest BCUT2D eigenvalue weighted by atomic mass is 10.1. The Morgan fingerprint density at radius 1 is 1.35 bits per heavy atom. The normalized spacial score (nSPS) is 10.1. The second kappa shape index (κ2) is 5.57. The molecule has 5 nitrogen and oxygen atoms in total. The number of benzene rings is 1. The third-order valence-electron chi connectivity index (χ3n) is 2.92. The summed E-state index contributed by atoms with van der Waals surface area (Å²) in [5, 5.41) is 11.1. The van der Waals surface area contributed by atoms with E-state index in [-0.39, 0.29) is 12.5 Å². The molecule has 1 aromatic heterocycles. The molecule has 2 rings (SSSR count). The summed E-state index contributed by atoms with van der Waals surface area (Å²) in [6.07, 6.45) is 5.12. The van der Waals surface area contributed by atoms with E-state index in [1.807, 2.05) is 32.0 Å². The minimum absolute atomic E-state index is 0.175. The van der Waals surface area contributed by atoms with Crippen LogP contribution in [0.25, 0.3) is 5.69 Å². The molecule has 2 aromatic rings. The summed E-state index contributed by atoms with van der Waals surface area (Å²) in [7, 11) is 0. The third-order valence-corrected chi connectivity index (χ3v) is 2.92. The van der Waals surface area contributed by atoms with Gasteiger partial charge in [-0.2, -0.15) is 9.90 Å². The second-order valence-electron chi connectivity index (χ2n) is 4.60. The van der Waals surface area contributed by atoms with Crippen molar-refractivity contribution in [3.63, 3.8) is 0 Å². The molecular formula is C15H16N4O. The van der Waals surface area contributed by atoms with Crippen molar-refractivity contribution in [3.8, 4) is 18.0 Å². The number of aromatic nitrogens is 3. The highest BCUT2D eigenvalue weighted by Gasteiger charge is 2.16. The van der Waals surface area contributed by atoms with Crippen LogP contribution in [0.3, 0.4) is 0 Å². The molecule has 5 heteroatoms. The number of hydrogen-bond acceptors (Lipinski definition) is 3. The average molecular weight is 268 g/mol. The number of carbonyl (C=O) groups is 1. The molecule has 0 spiro atoms. The van der Waals surface area contributed by atoms with E-state index < -0.39 is 0 Å². The Bertz CT molecular complexity index is 694. The van der Waals surface area contributed by atoms with Crippen molar-refractivity contribution in [2.45, 2.75) is 20.8 Å². The summed E-state index contributed by atoms with van der Waals surface area (Å²) < 4.78 is 0. The number of aryl methyl sites for hydroxylation is 3. The highest BCUT2D eigenvalue weighted by atomic mass is 16.2. The van der Waals surface area contributed by atoms with Crippen molar-refractivity contribution in [2.24, 2.45) is 0 Å². The molecule has 0 fully saturated rings. The molecule has 0 aliphatic rings. The molecule has 0 saturated carbocycles. The number of nitrogens with one attached hydrogen (secondary N) is 1. The number of carbonyl (C=O) groups excluding carboxylic acids is 1. The molecule has 0 radical (unpaired) electrons. The molecule has 0 unspecified atom stereocenters. The van der Waals surface area contributed by atoms with E-state index in [4.69, 9.17) is 6.42 Å². The van der Waals surface area contributed by atoms with E-state index in [0.29, 0.717) is 11.4 Å². The van der Waals surface area contributed by atoms with Gasteiger partial charge in [0.1, 0.15) is 0 Å². The zero-order valence-corrected chi connectivity index (χ0v) is 11.8. The van der Waals surface area contributed by atoms with E-state index in [1.165, 1.54) is 10.4 Å². The summed E-state index contributed by atoms with van der Waals surface area (Å²) in [6, 6.07) is 5.97. The number of nitrogens with zero attached hydrogens (tertiary/aromatic N) is 3. The van der Waals surface area contributed by atoms with Gasteiger partial charge in [0.15, 0.2) is 5.69 Å². The molecule has 0 bridgehead atoms. The maximum Gasteiger partial charge on any atom is 0.274 e. The Labute approximate surface area is 118 Å². The Hall–Kier alpha value is -2.61. The van der Waals surface area contributed by atoms with Gasteiger partial charge in [0.05, 0.1) is 17.9 Å². The molecule has 1 N–H and O–H groups in total. The molecule has 1 amide bonds.